The molecule has 7 heteroatoms. The fourth-order valence-electron chi connectivity index (χ4n) is 4.86. The first-order chi connectivity index (χ1) is 19.8. The Labute approximate surface area is 252 Å². The van der Waals surface area contributed by atoms with Crippen LogP contribution in [0.15, 0.2) is 42.5 Å². The summed E-state index contributed by atoms with van der Waals surface area (Å²) in [6.07, 6.45) is 9.02. The standard InChI is InChI=1S/C35H49N3O4/c1-10-12-13-14-22-38(33(40)29(23-24(3)4)36-34(41)42-35(7,8)9)31(28-20-18-27(11-2)19-21-28)32(39)37-30-25(5)16-15-17-26(30)6/h2,15-21,24,29,31H,10,12-14,22-23H2,1,3-9H3,(H,36,41)(H,37,39). The SMILES string of the molecule is C#Cc1ccc(C(C(=O)Nc2c(C)cccc2C)N(CCCCCC)C(=O)C(CC(C)C)NC(=O)OC(C)(C)C)cc1. The fraction of sp³-hybridized carbons (Fsp3) is 0.514. The van der Waals surface area contributed by atoms with E-state index in [0.717, 1.165) is 42.5 Å². The van der Waals surface area contributed by atoms with Crippen LogP contribution in [0.5, 0.6) is 0 Å². The molecule has 0 heterocycles. The van der Waals surface area contributed by atoms with Gasteiger partial charge in [-0.15, -0.1) is 6.42 Å². The van der Waals surface area contributed by atoms with Crippen molar-refractivity contribution >= 4 is 23.6 Å². The first-order valence-corrected chi connectivity index (χ1v) is 15.0. The van der Waals surface area contributed by atoms with Crippen LogP contribution in [0.25, 0.3) is 0 Å². The van der Waals surface area contributed by atoms with Crippen molar-refractivity contribution in [3.63, 3.8) is 0 Å². The average molecular weight is 576 g/mol. The predicted molar refractivity (Wildman–Crippen MR) is 170 cm³/mol. The Morgan fingerprint density at radius 2 is 1.60 bits per heavy atom. The number of terminal acetylenes is 1. The zero-order valence-corrected chi connectivity index (χ0v) is 26.7. The molecular weight excluding hydrogens is 526 g/mol. The molecule has 0 aliphatic heterocycles. The second kappa shape index (κ2) is 16.0. The van der Waals surface area contributed by atoms with Gasteiger partial charge in [0.2, 0.25) is 5.91 Å². The molecule has 42 heavy (non-hydrogen) atoms. The van der Waals surface area contributed by atoms with Crippen LogP contribution in [0.1, 0.15) is 102 Å². The van der Waals surface area contributed by atoms with Gasteiger partial charge in [-0.25, -0.2) is 4.79 Å². The van der Waals surface area contributed by atoms with Gasteiger partial charge in [-0.1, -0.05) is 76.3 Å². The number of alkyl carbamates (subject to hydrolysis) is 1. The summed E-state index contributed by atoms with van der Waals surface area (Å²) in [6, 6.07) is 11.2. The van der Waals surface area contributed by atoms with E-state index in [0.29, 0.717) is 24.1 Å². The molecule has 7 nitrogen and oxygen atoms in total. The van der Waals surface area contributed by atoms with Gasteiger partial charge < -0.3 is 20.3 Å². The molecule has 0 spiro atoms. The molecule has 2 atom stereocenters. The van der Waals surface area contributed by atoms with Crippen LogP contribution in [-0.2, 0) is 14.3 Å². The van der Waals surface area contributed by atoms with E-state index in [4.69, 9.17) is 11.2 Å². The number of anilines is 1. The van der Waals surface area contributed by atoms with Crippen molar-refractivity contribution in [3.05, 3.63) is 64.7 Å². The zero-order chi connectivity index (χ0) is 31.4. The molecule has 0 fully saturated rings. The molecule has 228 valence electrons. The second-order valence-corrected chi connectivity index (χ2v) is 12.3. The molecule has 0 aliphatic carbocycles. The molecule has 2 unspecified atom stereocenters. The van der Waals surface area contributed by atoms with E-state index in [-0.39, 0.29) is 17.7 Å². The summed E-state index contributed by atoms with van der Waals surface area (Å²) in [5.41, 5.74) is 3.17. The fourth-order valence-corrected chi connectivity index (χ4v) is 4.86. The number of carbonyl (C=O) groups excluding carboxylic acids is 3. The number of nitrogens with one attached hydrogen (secondary N) is 2. The third-order valence-electron chi connectivity index (χ3n) is 6.91. The highest BCUT2D eigenvalue weighted by atomic mass is 16.6. The number of benzene rings is 2. The number of carbonyl (C=O) groups is 3. The minimum Gasteiger partial charge on any atom is -0.444 e. The molecule has 0 aromatic heterocycles. The number of rotatable bonds is 13. The third kappa shape index (κ3) is 10.6. The molecule has 2 N–H and O–H groups in total. The predicted octanol–water partition coefficient (Wildman–Crippen LogP) is 7.31. The number of unbranched alkanes of at least 4 members (excludes halogenated alkanes) is 3. The van der Waals surface area contributed by atoms with Crippen LogP contribution >= 0.6 is 0 Å². The summed E-state index contributed by atoms with van der Waals surface area (Å²) in [6.45, 7) is 15.7. The molecule has 3 amide bonds. The summed E-state index contributed by atoms with van der Waals surface area (Å²) in [4.78, 5) is 43.1. The largest absolute Gasteiger partial charge is 0.444 e. The van der Waals surface area contributed by atoms with E-state index >= 15 is 0 Å². The van der Waals surface area contributed by atoms with Crippen molar-refractivity contribution in [2.45, 2.75) is 105 Å². The molecule has 2 aromatic rings. The molecular formula is C35H49N3O4. The van der Waals surface area contributed by atoms with Gasteiger partial charge >= 0.3 is 6.09 Å². The monoisotopic (exact) mass is 575 g/mol. The van der Waals surface area contributed by atoms with Gasteiger partial charge in [-0.2, -0.15) is 0 Å². The van der Waals surface area contributed by atoms with Crippen LogP contribution in [0.2, 0.25) is 0 Å². The Bertz CT molecular complexity index is 1220. The lowest BCUT2D eigenvalue weighted by Crippen LogP contribution is -2.53. The maximum atomic E-state index is 14.4. The average Bonchev–Trinajstić information content (AvgIpc) is 2.90. The van der Waals surface area contributed by atoms with Gasteiger partial charge in [0, 0.05) is 17.8 Å². The molecule has 2 rings (SSSR count). The summed E-state index contributed by atoms with van der Waals surface area (Å²) in [7, 11) is 0. The van der Waals surface area contributed by atoms with E-state index in [9.17, 15) is 14.4 Å². The van der Waals surface area contributed by atoms with E-state index in [1.165, 1.54) is 0 Å². The molecule has 2 aromatic carbocycles. The second-order valence-electron chi connectivity index (χ2n) is 12.3. The van der Waals surface area contributed by atoms with Crippen molar-refractivity contribution in [1.82, 2.24) is 10.2 Å². The molecule has 0 aliphatic rings. The number of para-hydroxylation sites is 1. The summed E-state index contributed by atoms with van der Waals surface area (Å²) < 4.78 is 5.50. The van der Waals surface area contributed by atoms with Gasteiger partial charge in [0.1, 0.15) is 17.7 Å². The van der Waals surface area contributed by atoms with Crippen LogP contribution in [0.3, 0.4) is 0 Å². The lowest BCUT2D eigenvalue weighted by molar-refractivity contribution is -0.141. The van der Waals surface area contributed by atoms with Crippen LogP contribution < -0.4 is 10.6 Å². The van der Waals surface area contributed by atoms with Gasteiger partial charge in [-0.05, 0) is 82.2 Å². The summed E-state index contributed by atoms with van der Waals surface area (Å²) in [5.74, 6) is 2.07. The number of aryl methyl sites for hydroxylation is 2. The van der Waals surface area contributed by atoms with Crippen molar-refractivity contribution < 1.29 is 19.1 Å². The zero-order valence-electron chi connectivity index (χ0n) is 26.7. The van der Waals surface area contributed by atoms with Crippen LogP contribution in [-0.4, -0.2) is 41.0 Å². The summed E-state index contributed by atoms with van der Waals surface area (Å²) in [5, 5.41) is 5.92. The van der Waals surface area contributed by atoms with E-state index in [1.54, 1.807) is 49.9 Å². The Hall–Kier alpha value is -3.79. The van der Waals surface area contributed by atoms with Crippen molar-refractivity contribution in [2.24, 2.45) is 5.92 Å². The first kappa shape index (κ1) is 34.4. The van der Waals surface area contributed by atoms with Crippen LogP contribution in [0.4, 0.5) is 10.5 Å². The topological polar surface area (TPSA) is 87.7 Å². The highest BCUT2D eigenvalue weighted by molar-refractivity contribution is 6.00. The Morgan fingerprint density at radius 1 is 0.976 bits per heavy atom. The van der Waals surface area contributed by atoms with Gasteiger partial charge in [0.25, 0.3) is 5.91 Å². The lowest BCUT2D eigenvalue weighted by atomic mass is 9.97. The maximum absolute atomic E-state index is 14.4. The molecule has 0 bridgehead atoms. The van der Waals surface area contributed by atoms with E-state index in [2.05, 4.69) is 23.5 Å². The number of hydrogen-bond acceptors (Lipinski definition) is 4. The number of nitrogens with zero attached hydrogens (tertiary/aromatic N) is 1. The minimum absolute atomic E-state index is 0.104. The van der Waals surface area contributed by atoms with Gasteiger partial charge in [0.05, 0.1) is 0 Å². The van der Waals surface area contributed by atoms with Crippen molar-refractivity contribution in [1.29, 1.82) is 0 Å². The van der Waals surface area contributed by atoms with Gasteiger partial charge in [-0.3, -0.25) is 9.59 Å². The highest BCUT2D eigenvalue weighted by Crippen LogP contribution is 2.28. The third-order valence-corrected chi connectivity index (χ3v) is 6.91. The maximum Gasteiger partial charge on any atom is 0.408 e. The Kier molecular flexibility index (Phi) is 13.1. The van der Waals surface area contributed by atoms with Crippen molar-refractivity contribution in [3.8, 4) is 12.3 Å². The quantitative estimate of drug-likeness (QED) is 0.194. The smallest absolute Gasteiger partial charge is 0.408 e. The first-order valence-electron chi connectivity index (χ1n) is 15.0. The lowest BCUT2D eigenvalue weighted by Gasteiger charge is -2.35. The molecule has 0 saturated carbocycles. The Morgan fingerprint density at radius 3 is 2.12 bits per heavy atom. The minimum atomic E-state index is -0.944. The Balaban J connectivity index is 2.60. The van der Waals surface area contributed by atoms with Crippen LogP contribution in [0, 0.1) is 32.1 Å². The summed E-state index contributed by atoms with van der Waals surface area (Å²) >= 11 is 0. The molecule has 0 saturated heterocycles. The van der Waals surface area contributed by atoms with Crippen molar-refractivity contribution in [2.75, 3.05) is 11.9 Å². The number of hydrogen-bond donors (Lipinski definition) is 2. The van der Waals surface area contributed by atoms with E-state index in [1.807, 2.05) is 45.9 Å². The van der Waals surface area contributed by atoms with Gasteiger partial charge in [0.15, 0.2) is 0 Å². The normalized spacial score (nSPS) is 12.7. The van der Waals surface area contributed by atoms with E-state index < -0.39 is 23.8 Å². The highest BCUT2D eigenvalue weighted by Gasteiger charge is 2.36. The number of ether oxygens (including phenoxy) is 1. The molecule has 0 radical (unpaired) electrons. The number of amides is 3.